The molecule has 0 aliphatic carbocycles. The fourth-order valence-electron chi connectivity index (χ4n) is 2.31. The summed E-state index contributed by atoms with van der Waals surface area (Å²) >= 11 is 12.2. The molecule has 0 heterocycles. The molecule has 2 nitrogen and oxygen atoms in total. The summed E-state index contributed by atoms with van der Waals surface area (Å²) in [5.74, 6) is 0.937. The van der Waals surface area contributed by atoms with Gasteiger partial charge in [0.1, 0.15) is 5.75 Å². The average molecular weight is 325 g/mol. The highest BCUT2D eigenvalue weighted by Gasteiger charge is 2.12. The number of aliphatic hydroxyl groups excluding tert-OH is 1. The van der Waals surface area contributed by atoms with Crippen LogP contribution in [-0.2, 0) is 12.8 Å². The molecule has 2 rings (SSSR count). The molecule has 4 heteroatoms. The maximum Gasteiger partial charge on any atom is 0.118 e. The van der Waals surface area contributed by atoms with Crippen LogP contribution in [0.4, 0.5) is 0 Å². The molecule has 1 N–H and O–H groups in total. The zero-order chi connectivity index (χ0) is 15.2. The molecule has 0 aliphatic heterocycles. The number of halogens is 2. The summed E-state index contributed by atoms with van der Waals surface area (Å²) in [5, 5.41) is 11.0. The van der Waals surface area contributed by atoms with E-state index in [0.29, 0.717) is 16.5 Å². The van der Waals surface area contributed by atoms with Crippen molar-refractivity contribution < 1.29 is 9.84 Å². The topological polar surface area (TPSA) is 29.5 Å². The lowest BCUT2D eigenvalue weighted by atomic mass is 9.93. The Labute approximate surface area is 135 Å². The SMILES string of the molecule is COc1ccc(CC(CO)Cc2cc(Cl)ccc2Cl)cc1. The molecule has 0 aliphatic rings. The van der Waals surface area contributed by atoms with Crippen molar-refractivity contribution in [3.63, 3.8) is 0 Å². The van der Waals surface area contributed by atoms with Gasteiger partial charge < -0.3 is 9.84 Å². The first-order chi connectivity index (χ1) is 10.1. The number of aliphatic hydroxyl groups is 1. The third-order valence-electron chi connectivity index (χ3n) is 3.46. The molecule has 0 amide bonds. The van der Waals surface area contributed by atoms with Gasteiger partial charge in [-0.05, 0) is 60.2 Å². The van der Waals surface area contributed by atoms with Crippen molar-refractivity contribution in [1.29, 1.82) is 0 Å². The highest BCUT2D eigenvalue weighted by Crippen LogP contribution is 2.25. The van der Waals surface area contributed by atoms with Crippen molar-refractivity contribution in [2.75, 3.05) is 13.7 Å². The van der Waals surface area contributed by atoms with Crippen LogP contribution in [0, 0.1) is 5.92 Å². The van der Waals surface area contributed by atoms with Crippen LogP contribution in [0.2, 0.25) is 10.0 Å². The number of rotatable bonds is 6. The van der Waals surface area contributed by atoms with Gasteiger partial charge in [-0.25, -0.2) is 0 Å². The lowest BCUT2D eigenvalue weighted by Gasteiger charge is -2.16. The molecule has 0 aromatic heterocycles. The molecule has 0 saturated carbocycles. The average Bonchev–Trinajstić information content (AvgIpc) is 2.51. The molecule has 1 atom stereocenters. The summed E-state index contributed by atoms with van der Waals surface area (Å²) in [6.45, 7) is 0.106. The summed E-state index contributed by atoms with van der Waals surface area (Å²) in [4.78, 5) is 0. The summed E-state index contributed by atoms with van der Waals surface area (Å²) < 4.78 is 5.14. The molecular weight excluding hydrogens is 307 g/mol. The molecule has 112 valence electrons. The fraction of sp³-hybridized carbons (Fsp3) is 0.294. The Balaban J connectivity index is 2.07. The minimum absolute atomic E-state index is 0.106. The van der Waals surface area contributed by atoms with Crippen molar-refractivity contribution in [2.24, 2.45) is 5.92 Å². The van der Waals surface area contributed by atoms with Crippen molar-refractivity contribution in [2.45, 2.75) is 12.8 Å². The normalized spacial score (nSPS) is 12.2. The third kappa shape index (κ3) is 4.63. The van der Waals surface area contributed by atoms with Gasteiger partial charge in [-0.2, -0.15) is 0 Å². The first kappa shape index (κ1) is 16.2. The van der Waals surface area contributed by atoms with E-state index >= 15 is 0 Å². The Hall–Kier alpha value is -1.22. The minimum Gasteiger partial charge on any atom is -0.497 e. The van der Waals surface area contributed by atoms with Crippen molar-refractivity contribution in [1.82, 2.24) is 0 Å². The van der Waals surface area contributed by atoms with E-state index in [4.69, 9.17) is 27.9 Å². The molecule has 0 fully saturated rings. The second-order valence-electron chi connectivity index (χ2n) is 5.04. The predicted molar refractivity (Wildman–Crippen MR) is 87.4 cm³/mol. The van der Waals surface area contributed by atoms with E-state index in [2.05, 4.69) is 0 Å². The van der Waals surface area contributed by atoms with Crippen LogP contribution >= 0.6 is 23.2 Å². The smallest absolute Gasteiger partial charge is 0.118 e. The third-order valence-corrected chi connectivity index (χ3v) is 4.06. The molecule has 0 spiro atoms. The van der Waals surface area contributed by atoms with Gasteiger partial charge in [-0.3, -0.25) is 0 Å². The van der Waals surface area contributed by atoms with Crippen LogP contribution < -0.4 is 4.74 Å². The summed E-state index contributed by atoms with van der Waals surface area (Å²) in [7, 11) is 1.65. The Morgan fingerprint density at radius 2 is 1.76 bits per heavy atom. The van der Waals surface area contributed by atoms with Crippen molar-refractivity contribution in [3.05, 3.63) is 63.6 Å². The zero-order valence-corrected chi connectivity index (χ0v) is 13.4. The summed E-state index contributed by atoms with van der Waals surface area (Å²) in [6, 6.07) is 13.3. The predicted octanol–water partition coefficient (Wildman–Crippen LogP) is 4.40. The number of benzene rings is 2. The summed E-state index contributed by atoms with van der Waals surface area (Å²) in [5.41, 5.74) is 2.13. The first-order valence-electron chi connectivity index (χ1n) is 6.80. The largest absolute Gasteiger partial charge is 0.497 e. The number of methoxy groups -OCH3 is 1. The molecular formula is C17H18Cl2O2. The number of hydrogen-bond donors (Lipinski definition) is 1. The van der Waals surface area contributed by atoms with Crippen LogP contribution in [0.25, 0.3) is 0 Å². The van der Waals surface area contributed by atoms with E-state index in [0.717, 1.165) is 23.3 Å². The van der Waals surface area contributed by atoms with Gasteiger partial charge >= 0.3 is 0 Å². The van der Waals surface area contributed by atoms with E-state index in [1.807, 2.05) is 30.3 Å². The van der Waals surface area contributed by atoms with Gasteiger partial charge in [-0.15, -0.1) is 0 Å². The molecule has 21 heavy (non-hydrogen) atoms. The second-order valence-corrected chi connectivity index (χ2v) is 5.88. The maximum atomic E-state index is 9.61. The lowest BCUT2D eigenvalue weighted by Crippen LogP contribution is -2.13. The number of hydrogen-bond acceptors (Lipinski definition) is 2. The van der Waals surface area contributed by atoms with Crippen molar-refractivity contribution in [3.8, 4) is 5.75 Å². The van der Waals surface area contributed by atoms with Gasteiger partial charge in [-0.1, -0.05) is 35.3 Å². The van der Waals surface area contributed by atoms with Crippen LogP contribution in [-0.4, -0.2) is 18.8 Å². The first-order valence-corrected chi connectivity index (χ1v) is 7.55. The zero-order valence-electron chi connectivity index (χ0n) is 11.9. The van der Waals surface area contributed by atoms with Gasteiger partial charge in [0.05, 0.1) is 7.11 Å². The number of ether oxygens (including phenoxy) is 1. The lowest BCUT2D eigenvalue weighted by molar-refractivity contribution is 0.225. The standard InChI is InChI=1S/C17H18Cl2O2/c1-21-16-5-2-12(3-6-16)8-13(11-20)9-14-10-15(18)4-7-17(14)19/h2-7,10,13,20H,8-9,11H2,1H3. The van der Waals surface area contributed by atoms with E-state index in [9.17, 15) is 5.11 Å². The Kier molecular flexibility index (Phi) is 5.92. The fourth-order valence-corrected chi connectivity index (χ4v) is 2.70. The maximum absolute atomic E-state index is 9.61. The Morgan fingerprint density at radius 3 is 2.38 bits per heavy atom. The molecule has 0 saturated heterocycles. The molecule has 2 aromatic rings. The molecule has 0 bridgehead atoms. The van der Waals surface area contributed by atoms with E-state index in [-0.39, 0.29) is 12.5 Å². The highest BCUT2D eigenvalue weighted by molar-refractivity contribution is 6.33. The van der Waals surface area contributed by atoms with Gasteiger partial charge in [0.15, 0.2) is 0 Å². The van der Waals surface area contributed by atoms with Gasteiger partial charge in [0.25, 0.3) is 0 Å². The molecule has 0 radical (unpaired) electrons. The Bertz CT molecular complexity index is 582. The molecule has 1 unspecified atom stereocenters. The second kappa shape index (κ2) is 7.69. The van der Waals surface area contributed by atoms with Crippen LogP contribution in [0.3, 0.4) is 0 Å². The van der Waals surface area contributed by atoms with E-state index in [1.165, 1.54) is 0 Å². The highest BCUT2D eigenvalue weighted by atomic mass is 35.5. The van der Waals surface area contributed by atoms with Gasteiger partial charge in [0.2, 0.25) is 0 Å². The minimum atomic E-state index is 0.106. The monoisotopic (exact) mass is 324 g/mol. The summed E-state index contributed by atoms with van der Waals surface area (Å²) in [6.07, 6.45) is 1.48. The quantitative estimate of drug-likeness (QED) is 0.853. The van der Waals surface area contributed by atoms with Crippen LogP contribution in [0.15, 0.2) is 42.5 Å². The van der Waals surface area contributed by atoms with E-state index < -0.39 is 0 Å². The Morgan fingerprint density at radius 1 is 1.05 bits per heavy atom. The van der Waals surface area contributed by atoms with E-state index in [1.54, 1.807) is 19.2 Å². The van der Waals surface area contributed by atoms with Crippen LogP contribution in [0.1, 0.15) is 11.1 Å². The van der Waals surface area contributed by atoms with Crippen LogP contribution in [0.5, 0.6) is 5.75 Å². The van der Waals surface area contributed by atoms with Crippen molar-refractivity contribution >= 4 is 23.2 Å². The van der Waals surface area contributed by atoms with Gasteiger partial charge in [0, 0.05) is 16.7 Å². The molecule has 2 aromatic carbocycles.